The Labute approximate surface area is 171 Å². The van der Waals surface area contributed by atoms with Gasteiger partial charge in [-0.25, -0.2) is 0 Å². The van der Waals surface area contributed by atoms with Crippen molar-refractivity contribution in [2.75, 3.05) is 32.8 Å². The van der Waals surface area contributed by atoms with Crippen molar-refractivity contribution in [3.63, 3.8) is 0 Å². The van der Waals surface area contributed by atoms with Gasteiger partial charge in [-0.15, -0.1) is 24.0 Å². The van der Waals surface area contributed by atoms with Crippen molar-refractivity contribution in [1.82, 2.24) is 10.6 Å². The molecule has 0 unspecified atom stereocenters. The van der Waals surface area contributed by atoms with Gasteiger partial charge in [0.25, 0.3) is 0 Å². The van der Waals surface area contributed by atoms with E-state index >= 15 is 0 Å². The summed E-state index contributed by atoms with van der Waals surface area (Å²) in [7, 11) is 0. The number of guanidine groups is 1. The molecule has 5 heteroatoms. The summed E-state index contributed by atoms with van der Waals surface area (Å²) in [4.78, 5) is 5.00. The lowest BCUT2D eigenvalue weighted by Crippen LogP contribution is -2.41. The number of aliphatic imine (C=N–C) groups is 1. The first-order valence-corrected chi connectivity index (χ1v) is 10.3. The Kier molecular flexibility index (Phi) is 8.31. The van der Waals surface area contributed by atoms with E-state index in [4.69, 9.17) is 9.73 Å². The molecule has 0 radical (unpaired) electrons. The highest BCUT2D eigenvalue weighted by molar-refractivity contribution is 14.0. The van der Waals surface area contributed by atoms with E-state index in [9.17, 15) is 0 Å². The van der Waals surface area contributed by atoms with Crippen LogP contribution in [0.3, 0.4) is 0 Å². The van der Waals surface area contributed by atoms with Crippen molar-refractivity contribution in [3.8, 4) is 0 Å². The third kappa shape index (κ3) is 5.98. The van der Waals surface area contributed by atoms with Crippen molar-refractivity contribution in [2.45, 2.75) is 71.6 Å². The van der Waals surface area contributed by atoms with Gasteiger partial charge in [-0.1, -0.05) is 12.8 Å². The standard InChI is InChI=1S/C20H37N3O.HI/c1-3-21-18(23-16-20(11-12-20)17-7-8-17)22-15-19(9-5-6-10-19)13-14-24-4-2;/h17H,3-16H2,1-2H3,(H2,21,22,23);1H. The molecule has 0 bridgehead atoms. The van der Waals surface area contributed by atoms with Gasteiger partial charge in [-0.2, -0.15) is 0 Å². The van der Waals surface area contributed by atoms with Crippen LogP contribution < -0.4 is 10.6 Å². The van der Waals surface area contributed by atoms with Gasteiger partial charge < -0.3 is 15.4 Å². The van der Waals surface area contributed by atoms with E-state index in [0.29, 0.717) is 10.8 Å². The Morgan fingerprint density at radius 3 is 2.36 bits per heavy atom. The van der Waals surface area contributed by atoms with E-state index in [1.165, 1.54) is 51.4 Å². The van der Waals surface area contributed by atoms with Crippen LogP contribution in [0.1, 0.15) is 71.6 Å². The molecule has 2 N–H and O–H groups in total. The smallest absolute Gasteiger partial charge is 0.191 e. The Morgan fingerprint density at radius 2 is 1.80 bits per heavy atom. The Bertz CT molecular complexity index is 427. The minimum atomic E-state index is 0. The number of ether oxygens (including phenoxy) is 1. The predicted octanol–water partition coefficient (Wildman–Crippen LogP) is 4.34. The number of halogens is 1. The van der Waals surface area contributed by atoms with E-state index in [-0.39, 0.29) is 24.0 Å². The zero-order valence-corrected chi connectivity index (χ0v) is 18.6. The van der Waals surface area contributed by atoms with Gasteiger partial charge in [0, 0.05) is 32.8 Å². The summed E-state index contributed by atoms with van der Waals surface area (Å²) in [5.41, 5.74) is 1.00. The molecule has 3 saturated carbocycles. The summed E-state index contributed by atoms with van der Waals surface area (Å²) in [6.07, 6.45) is 12.3. The zero-order chi connectivity index (χ0) is 16.9. The summed E-state index contributed by atoms with van der Waals surface area (Å²) >= 11 is 0. The molecule has 0 spiro atoms. The maximum atomic E-state index is 5.63. The molecule has 0 amide bonds. The summed E-state index contributed by atoms with van der Waals surface area (Å²) in [5.74, 6) is 2.03. The second-order valence-corrected chi connectivity index (χ2v) is 8.34. The quantitative estimate of drug-likeness (QED) is 0.219. The molecule has 3 aliphatic carbocycles. The number of hydrogen-bond acceptors (Lipinski definition) is 2. The second kappa shape index (κ2) is 9.77. The van der Waals surface area contributed by atoms with Crippen molar-refractivity contribution in [2.24, 2.45) is 21.7 Å². The average Bonchev–Trinajstić information content (AvgIpc) is 3.49. The van der Waals surface area contributed by atoms with Crippen LogP contribution in [0.4, 0.5) is 0 Å². The first kappa shape index (κ1) is 21.3. The van der Waals surface area contributed by atoms with E-state index in [2.05, 4.69) is 24.5 Å². The lowest BCUT2D eigenvalue weighted by atomic mass is 9.83. The molecule has 3 aliphatic rings. The molecule has 0 aromatic heterocycles. The predicted molar refractivity (Wildman–Crippen MR) is 116 cm³/mol. The Balaban J connectivity index is 0.00000225. The van der Waals surface area contributed by atoms with Crippen LogP contribution in [-0.4, -0.2) is 38.8 Å². The molecule has 0 atom stereocenters. The van der Waals surface area contributed by atoms with Crippen LogP contribution in [0.2, 0.25) is 0 Å². The molecule has 0 aromatic rings. The Hall–Kier alpha value is -0.0400. The molecule has 0 aromatic carbocycles. The third-order valence-electron chi connectivity index (χ3n) is 6.51. The molecule has 3 rings (SSSR count). The molecule has 146 valence electrons. The number of nitrogens with one attached hydrogen (secondary N) is 2. The molecular weight excluding hydrogens is 425 g/mol. The van der Waals surface area contributed by atoms with Crippen LogP contribution >= 0.6 is 24.0 Å². The summed E-state index contributed by atoms with van der Waals surface area (Å²) in [6.45, 7) is 8.97. The molecule has 0 heterocycles. The Morgan fingerprint density at radius 1 is 1.08 bits per heavy atom. The van der Waals surface area contributed by atoms with Gasteiger partial charge in [0.2, 0.25) is 0 Å². The highest BCUT2D eigenvalue weighted by Gasteiger charge is 2.53. The monoisotopic (exact) mass is 463 g/mol. The highest BCUT2D eigenvalue weighted by atomic mass is 127. The van der Waals surface area contributed by atoms with Gasteiger partial charge in [0.05, 0.1) is 0 Å². The van der Waals surface area contributed by atoms with Gasteiger partial charge in [-0.05, 0) is 75.5 Å². The molecule has 4 nitrogen and oxygen atoms in total. The van der Waals surface area contributed by atoms with E-state index < -0.39 is 0 Å². The normalized spacial score (nSPS) is 23.8. The van der Waals surface area contributed by atoms with Gasteiger partial charge in [0.1, 0.15) is 0 Å². The SMILES string of the molecule is CCNC(=NCC1(CCOCC)CCCC1)NCC1(C2CC2)CC1.I. The van der Waals surface area contributed by atoms with Gasteiger partial charge in [0.15, 0.2) is 5.96 Å². The maximum Gasteiger partial charge on any atom is 0.191 e. The van der Waals surface area contributed by atoms with Crippen LogP contribution in [-0.2, 0) is 4.74 Å². The van der Waals surface area contributed by atoms with Gasteiger partial charge >= 0.3 is 0 Å². The molecule has 0 aliphatic heterocycles. The minimum absolute atomic E-state index is 0. The summed E-state index contributed by atoms with van der Waals surface area (Å²) < 4.78 is 5.63. The van der Waals surface area contributed by atoms with E-state index in [1.807, 2.05) is 0 Å². The number of hydrogen-bond donors (Lipinski definition) is 2. The van der Waals surface area contributed by atoms with Crippen LogP contribution in [0.15, 0.2) is 4.99 Å². The van der Waals surface area contributed by atoms with Crippen molar-refractivity contribution < 1.29 is 4.74 Å². The second-order valence-electron chi connectivity index (χ2n) is 8.34. The molecule has 3 fully saturated rings. The van der Waals surface area contributed by atoms with Crippen LogP contribution in [0.25, 0.3) is 0 Å². The highest BCUT2D eigenvalue weighted by Crippen LogP contribution is 2.60. The van der Waals surface area contributed by atoms with E-state index in [1.54, 1.807) is 0 Å². The van der Waals surface area contributed by atoms with Gasteiger partial charge in [-0.3, -0.25) is 4.99 Å². The fraction of sp³-hybridized carbons (Fsp3) is 0.950. The lowest BCUT2D eigenvalue weighted by Gasteiger charge is -2.27. The van der Waals surface area contributed by atoms with Crippen molar-refractivity contribution >= 4 is 29.9 Å². The van der Waals surface area contributed by atoms with E-state index in [0.717, 1.165) is 51.1 Å². The fourth-order valence-electron chi connectivity index (χ4n) is 4.48. The maximum absolute atomic E-state index is 5.63. The van der Waals surface area contributed by atoms with Crippen LogP contribution in [0.5, 0.6) is 0 Å². The summed E-state index contributed by atoms with van der Waals surface area (Å²) in [5, 5.41) is 7.12. The average molecular weight is 463 g/mol. The minimum Gasteiger partial charge on any atom is -0.382 e. The molecule has 25 heavy (non-hydrogen) atoms. The fourth-order valence-corrected chi connectivity index (χ4v) is 4.48. The molecular formula is C20H38IN3O. The largest absolute Gasteiger partial charge is 0.382 e. The van der Waals surface area contributed by atoms with Crippen molar-refractivity contribution in [1.29, 1.82) is 0 Å². The number of rotatable bonds is 10. The first-order chi connectivity index (χ1) is 11.7. The number of nitrogens with zero attached hydrogens (tertiary/aromatic N) is 1. The van der Waals surface area contributed by atoms with Crippen molar-refractivity contribution in [3.05, 3.63) is 0 Å². The topological polar surface area (TPSA) is 45.7 Å². The van der Waals surface area contributed by atoms with Crippen LogP contribution in [0, 0.1) is 16.7 Å². The molecule has 0 saturated heterocycles. The first-order valence-electron chi connectivity index (χ1n) is 10.3. The lowest BCUT2D eigenvalue weighted by molar-refractivity contribution is 0.107. The third-order valence-corrected chi connectivity index (χ3v) is 6.51. The zero-order valence-electron chi connectivity index (χ0n) is 16.2. The summed E-state index contributed by atoms with van der Waals surface area (Å²) in [6, 6.07) is 0.